The van der Waals surface area contributed by atoms with E-state index < -0.39 is 0 Å². The summed E-state index contributed by atoms with van der Waals surface area (Å²) < 4.78 is 0. The maximum Gasteiger partial charge on any atom is 0.118 e. The molecule has 12 heavy (non-hydrogen) atoms. The van der Waals surface area contributed by atoms with Crippen LogP contribution in [0.1, 0.15) is 24.0 Å². The van der Waals surface area contributed by atoms with Crippen molar-refractivity contribution in [1.82, 2.24) is 0 Å². The largest absolute Gasteiger partial charge is 0.508 e. The molecule has 2 heteroatoms. The first kappa shape index (κ1) is 7.62. The standard InChI is InChI=1S/C10H13NO/c1-7-2-3-8(6-9(7)12)10(11)4-5-10/h2-3,6,12H,4-5,11H2,1H3. The van der Waals surface area contributed by atoms with Crippen molar-refractivity contribution in [3.05, 3.63) is 29.3 Å². The van der Waals surface area contributed by atoms with E-state index in [0.717, 1.165) is 24.0 Å². The Hall–Kier alpha value is -1.02. The van der Waals surface area contributed by atoms with Gasteiger partial charge < -0.3 is 10.8 Å². The van der Waals surface area contributed by atoms with Crippen LogP contribution in [0, 0.1) is 6.92 Å². The van der Waals surface area contributed by atoms with Gasteiger partial charge in [0.2, 0.25) is 0 Å². The van der Waals surface area contributed by atoms with Crippen molar-refractivity contribution in [2.24, 2.45) is 5.73 Å². The maximum atomic E-state index is 9.44. The highest BCUT2D eigenvalue weighted by Crippen LogP contribution is 2.43. The number of benzene rings is 1. The van der Waals surface area contributed by atoms with Crippen LogP contribution in [0.15, 0.2) is 18.2 Å². The summed E-state index contributed by atoms with van der Waals surface area (Å²) >= 11 is 0. The monoisotopic (exact) mass is 163 g/mol. The van der Waals surface area contributed by atoms with Crippen molar-refractivity contribution in [2.45, 2.75) is 25.3 Å². The minimum Gasteiger partial charge on any atom is -0.508 e. The summed E-state index contributed by atoms with van der Waals surface area (Å²) in [6.45, 7) is 1.88. The predicted molar refractivity (Wildman–Crippen MR) is 47.9 cm³/mol. The third-order valence-corrected chi connectivity index (χ3v) is 2.57. The number of rotatable bonds is 1. The van der Waals surface area contributed by atoms with Crippen LogP contribution >= 0.6 is 0 Å². The highest BCUT2D eigenvalue weighted by Gasteiger charge is 2.40. The molecule has 0 aromatic heterocycles. The smallest absolute Gasteiger partial charge is 0.118 e. The summed E-state index contributed by atoms with van der Waals surface area (Å²) in [5.74, 6) is 0.351. The van der Waals surface area contributed by atoms with Crippen LogP contribution < -0.4 is 5.73 Å². The highest BCUT2D eigenvalue weighted by atomic mass is 16.3. The van der Waals surface area contributed by atoms with Crippen molar-refractivity contribution in [3.63, 3.8) is 0 Å². The molecule has 1 aliphatic carbocycles. The summed E-state index contributed by atoms with van der Waals surface area (Å²) in [6, 6.07) is 5.70. The molecule has 1 fully saturated rings. The Balaban J connectivity index is 2.41. The quantitative estimate of drug-likeness (QED) is 0.661. The lowest BCUT2D eigenvalue weighted by molar-refractivity contribution is 0.469. The minimum absolute atomic E-state index is 0.134. The average Bonchev–Trinajstić information content (AvgIpc) is 2.75. The van der Waals surface area contributed by atoms with Crippen LogP contribution in [0.3, 0.4) is 0 Å². The number of hydrogen-bond acceptors (Lipinski definition) is 2. The van der Waals surface area contributed by atoms with E-state index >= 15 is 0 Å². The molecule has 3 N–H and O–H groups in total. The van der Waals surface area contributed by atoms with E-state index in [2.05, 4.69) is 0 Å². The number of aryl methyl sites for hydroxylation is 1. The zero-order valence-electron chi connectivity index (χ0n) is 7.17. The van der Waals surface area contributed by atoms with E-state index in [-0.39, 0.29) is 5.54 Å². The van der Waals surface area contributed by atoms with Crippen LogP contribution in [0.4, 0.5) is 0 Å². The predicted octanol–water partition coefficient (Wildman–Crippen LogP) is 1.65. The topological polar surface area (TPSA) is 46.2 Å². The Morgan fingerprint density at radius 1 is 1.42 bits per heavy atom. The first-order chi connectivity index (χ1) is 5.62. The molecule has 0 saturated heterocycles. The highest BCUT2D eigenvalue weighted by molar-refractivity contribution is 5.40. The van der Waals surface area contributed by atoms with Gasteiger partial charge in [0, 0.05) is 5.54 Å². The summed E-state index contributed by atoms with van der Waals surface area (Å²) in [5, 5.41) is 9.44. The van der Waals surface area contributed by atoms with Gasteiger partial charge in [0.1, 0.15) is 5.75 Å². The zero-order chi connectivity index (χ0) is 8.77. The van der Waals surface area contributed by atoms with Gasteiger partial charge >= 0.3 is 0 Å². The van der Waals surface area contributed by atoms with Gasteiger partial charge in [-0.25, -0.2) is 0 Å². The molecule has 0 bridgehead atoms. The van der Waals surface area contributed by atoms with E-state index in [1.165, 1.54) is 0 Å². The Kier molecular flexibility index (Phi) is 1.42. The van der Waals surface area contributed by atoms with Gasteiger partial charge in [-0.15, -0.1) is 0 Å². The summed E-state index contributed by atoms with van der Waals surface area (Å²) in [5.41, 5.74) is 7.81. The molecule has 0 aliphatic heterocycles. The second-order valence-corrected chi connectivity index (χ2v) is 3.66. The van der Waals surface area contributed by atoms with Crippen LogP contribution in [0.25, 0.3) is 0 Å². The van der Waals surface area contributed by atoms with Crippen molar-refractivity contribution in [2.75, 3.05) is 0 Å². The van der Waals surface area contributed by atoms with Crippen molar-refractivity contribution in [1.29, 1.82) is 0 Å². The van der Waals surface area contributed by atoms with Gasteiger partial charge in [-0.1, -0.05) is 12.1 Å². The fourth-order valence-electron chi connectivity index (χ4n) is 1.34. The normalized spacial score (nSPS) is 19.2. The summed E-state index contributed by atoms with van der Waals surface area (Å²) in [7, 11) is 0. The molecule has 0 radical (unpaired) electrons. The van der Waals surface area contributed by atoms with Crippen molar-refractivity contribution >= 4 is 0 Å². The molecule has 1 aromatic carbocycles. The lowest BCUT2D eigenvalue weighted by Gasteiger charge is -2.09. The number of phenols is 1. The molecule has 0 heterocycles. The summed E-state index contributed by atoms with van der Waals surface area (Å²) in [4.78, 5) is 0. The molecule has 1 aromatic rings. The third-order valence-electron chi connectivity index (χ3n) is 2.57. The lowest BCUT2D eigenvalue weighted by atomic mass is 10.0. The minimum atomic E-state index is -0.134. The van der Waals surface area contributed by atoms with E-state index in [0.29, 0.717) is 5.75 Å². The van der Waals surface area contributed by atoms with Gasteiger partial charge in [-0.2, -0.15) is 0 Å². The molecule has 0 amide bonds. The molecular weight excluding hydrogens is 150 g/mol. The molecule has 64 valence electrons. The molecule has 1 aliphatic rings. The molecule has 0 unspecified atom stereocenters. The van der Waals surface area contributed by atoms with Crippen molar-refractivity contribution in [3.8, 4) is 5.75 Å². The van der Waals surface area contributed by atoms with E-state index in [1.54, 1.807) is 6.07 Å². The van der Waals surface area contributed by atoms with Crippen LogP contribution in [0.2, 0.25) is 0 Å². The fourth-order valence-corrected chi connectivity index (χ4v) is 1.34. The first-order valence-corrected chi connectivity index (χ1v) is 4.21. The Morgan fingerprint density at radius 3 is 2.58 bits per heavy atom. The Bertz CT molecular complexity index is 316. The molecule has 1 saturated carbocycles. The van der Waals surface area contributed by atoms with E-state index in [1.807, 2.05) is 19.1 Å². The second-order valence-electron chi connectivity index (χ2n) is 3.66. The molecular formula is C10H13NO. The van der Waals surface area contributed by atoms with Gasteiger partial charge in [0.15, 0.2) is 0 Å². The molecule has 2 rings (SSSR count). The van der Waals surface area contributed by atoms with Gasteiger partial charge in [-0.3, -0.25) is 0 Å². The number of phenolic OH excluding ortho intramolecular Hbond substituents is 1. The number of aromatic hydroxyl groups is 1. The van der Waals surface area contributed by atoms with Gasteiger partial charge in [-0.05, 0) is 37.0 Å². The average molecular weight is 163 g/mol. The molecule has 0 spiro atoms. The van der Waals surface area contributed by atoms with Crippen LogP contribution in [-0.2, 0) is 5.54 Å². The number of nitrogens with two attached hydrogens (primary N) is 1. The summed E-state index contributed by atoms with van der Waals surface area (Å²) in [6.07, 6.45) is 2.07. The number of hydrogen-bond donors (Lipinski definition) is 2. The van der Waals surface area contributed by atoms with Crippen LogP contribution in [-0.4, -0.2) is 5.11 Å². The Morgan fingerprint density at radius 2 is 2.08 bits per heavy atom. The lowest BCUT2D eigenvalue weighted by Crippen LogP contribution is -2.18. The van der Waals surface area contributed by atoms with Crippen molar-refractivity contribution < 1.29 is 5.11 Å². The zero-order valence-corrected chi connectivity index (χ0v) is 7.17. The fraction of sp³-hybridized carbons (Fsp3) is 0.400. The second kappa shape index (κ2) is 2.23. The van der Waals surface area contributed by atoms with Gasteiger partial charge in [0.25, 0.3) is 0 Å². The molecule has 2 nitrogen and oxygen atoms in total. The maximum absolute atomic E-state index is 9.44. The van der Waals surface area contributed by atoms with Crippen LogP contribution in [0.5, 0.6) is 5.75 Å². The molecule has 0 atom stereocenters. The van der Waals surface area contributed by atoms with Gasteiger partial charge in [0.05, 0.1) is 0 Å². The van der Waals surface area contributed by atoms with E-state index in [9.17, 15) is 5.11 Å². The SMILES string of the molecule is Cc1ccc(C2(N)CC2)cc1O. The first-order valence-electron chi connectivity index (χ1n) is 4.21. The Labute approximate surface area is 72.0 Å². The van der Waals surface area contributed by atoms with E-state index in [4.69, 9.17) is 5.73 Å². The third kappa shape index (κ3) is 1.08.